The lowest BCUT2D eigenvalue weighted by atomic mass is 10.0. The molecule has 0 radical (unpaired) electrons. The summed E-state index contributed by atoms with van der Waals surface area (Å²) in [7, 11) is 0. The lowest BCUT2D eigenvalue weighted by molar-refractivity contribution is 0.220. The van der Waals surface area contributed by atoms with Crippen molar-refractivity contribution in [3.8, 4) is 0 Å². The van der Waals surface area contributed by atoms with E-state index in [1.54, 1.807) is 12.1 Å². The Morgan fingerprint density at radius 3 is 2.53 bits per heavy atom. The summed E-state index contributed by atoms with van der Waals surface area (Å²) in [6, 6.07) is 13.1. The molecule has 5 heteroatoms. The van der Waals surface area contributed by atoms with E-state index in [9.17, 15) is 9.90 Å². The Morgan fingerprint density at radius 1 is 1.00 bits per heavy atom. The predicted octanol–water partition coefficient (Wildman–Crippen LogP) is 2.54. The molecule has 4 nitrogen and oxygen atoms in total. The zero-order chi connectivity index (χ0) is 13.4. The SMILES string of the molecule is O=c1[nH]c2ccc(C(O)c3cccc(I)c3)cc2[nH]1. The number of benzene rings is 2. The van der Waals surface area contributed by atoms with Crippen LogP contribution in [0.3, 0.4) is 0 Å². The van der Waals surface area contributed by atoms with Crippen LogP contribution in [0.4, 0.5) is 0 Å². The highest BCUT2D eigenvalue weighted by Gasteiger charge is 2.11. The zero-order valence-electron chi connectivity index (χ0n) is 9.85. The summed E-state index contributed by atoms with van der Waals surface area (Å²) in [6.07, 6.45) is -0.697. The van der Waals surface area contributed by atoms with E-state index in [0.29, 0.717) is 5.52 Å². The molecule has 1 aromatic heterocycles. The van der Waals surface area contributed by atoms with E-state index in [4.69, 9.17) is 0 Å². The summed E-state index contributed by atoms with van der Waals surface area (Å²) in [6.45, 7) is 0. The first kappa shape index (κ1) is 12.4. The van der Waals surface area contributed by atoms with Gasteiger partial charge >= 0.3 is 5.69 Å². The van der Waals surface area contributed by atoms with E-state index in [2.05, 4.69) is 32.6 Å². The summed E-state index contributed by atoms with van der Waals surface area (Å²) in [5.74, 6) is 0. The van der Waals surface area contributed by atoms with Crippen molar-refractivity contribution in [1.29, 1.82) is 0 Å². The van der Waals surface area contributed by atoms with Crippen LogP contribution in [-0.4, -0.2) is 15.1 Å². The van der Waals surface area contributed by atoms with Gasteiger partial charge < -0.3 is 15.1 Å². The van der Waals surface area contributed by atoms with Crippen molar-refractivity contribution in [2.75, 3.05) is 0 Å². The van der Waals surface area contributed by atoms with E-state index in [1.807, 2.05) is 30.3 Å². The van der Waals surface area contributed by atoms with Crippen molar-refractivity contribution in [3.05, 3.63) is 67.6 Å². The molecular weight excluding hydrogens is 355 g/mol. The number of hydrogen-bond acceptors (Lipinski definition) is 2. The molecule has 96 valence electrons. The molecule has 0 fully saturated rings. The molecule has 1 heterocycles. The van der Waals surface area contributed by atoms with Crippen LogP contribution in [0.25, 0.3) is 11.0 Å². The number of imidazole rings is 1. The average molecular weight is 366 g/mol. The van der Waals surface area contributed by atoms with Gasteiger partial charge in [0.1, 0.15) is 6.10 Å². The topological polar surface area (TPSA) is 68.9 Å². The molecular formula is C14H11IN2O2. The molecule has 0 saturated heterocycles. The second-order valence-electron chi connectivity index (χ2n) is 4.34. The Bertz CT molecular complexity index is 791. The number of nitrogens with one attached hydrogen (secondary N) is 2. The first-order chi connectivity index (χ1) is 9.13. The molecule has 1 atom stereocenters. The highest BCUT2D eigenvalue weighted by Crippen LogP contribution is 2.24. The molecule has 3 N–H and O–H groups in total. The van der Waals surface area contributed by atoms with Crippen molar-refractivity contribution in [2.24, 2.45) is 0 Å². The average Bonchev–Trinajstić information content (AvgIpc) is 2.76. The van der Waals surface area contributed by atoms with Crippen LogP contribution < -0.4 is 5.69 Å². The van der Waals surface area contributed by atoms with Crippen LogP contribution in [0.1, 0.15) is 17.2 Å². The number of halogens is 1. The van der Waals surface area contributed by atoms with Gasteiger partial charge in [-0.15, -0.1) is 0 Å². The summed E-state index contributed by atoms with van der Waals surface area (Å²) in [5.41, 5.74) is 2.79. The number of H-pyrrole nitrogens is 2. The second kappa shape index (κ2) is 4.82. The van der Waals surface area contributed by atoms with E-state index in [0.717, 1.165) is 20.2 Å². The third kappa shape index (κ3) is 2.43. The van der Waals surface area contributed by atoms with Crippen LogP contribution in [0.5, 0.6) is 0 Å². The van der Waals surface area contributed by atoms with Gasteiger partial charge in [-0.05, 0) is 58.0 Å². The van der Waals surface area contributed by atoms with Gasteiger partial charge in [0.15, 0.2) is 0 Å². The Morgan fingerprint density at radius 2 is 1.74 bits per heavy atom. The maximum atomic E-state index is 11.2. The Kier molecular flexibility index (Phi) is 3.16. The van der Waals surface area contributed by atoms with Gasteiger partial charge in [0.25, 0.3) is 0 Å². The second-order valence-corrected chi connectivity index (χ2v) is 5.59. The Hall–Kier alpha value is -1.60. The molecule has 0 aliphatic rings. The molecule has 0 saturated carbocycles. The van der Waals surface area contributed by atoms with Gasteiger partial charge in [0.05, 0.1) is 11.0 Å². The van der Waals surface area contributed by atoms with Gasteiger partial charge in [-0.1, -0.05) is 18.2 Å². The van der Waals surface area contributed by atoms with Gasteiger partial charge in [-0.3, -0.25) is 0 Å². The van der Waals surface area contributed by atoms with E-state index < -0.39 is 6.10 Å². The first-order valence-corrected chi connectivity index (χ1v) is 6.87. The molecule has 3 rings (SSSR count). The fourth-order valence-corrected chi connectivity index (χ4v) is 2.66. The highest BCUT2D eigenvalue weighted by molar-refractivity contribution is 14.1. The molecule has 19 heavy (non-hydrogen) atoms. The van der Waals surface area contributed by atoms with Gasteiger partial charge in [-0.25, -0.2) is 4.79 Å². The minimum Gasteiger partial charge on any atom is -0.384 e. The molecule has 2 aromatic carbocycles. The number of aliphatic hydroxyl groups excluding tert-OH is 1. The van der Waals surface area contributed by atoms with Crippen molar-refractivity contribution in [2.45, 2.75) is 6.10 Å². The van der Waals surface area contributed by atoms with E-state index >= 15 is 0 Å². The predicted molar refractivity (Wildman–Crippen MR) is 82.1 cm³/mol. The first-order valence-electron chi connectivity index (χ1n) is 5.79. The monoisotopic (exact) mass is 366 g/mol. The van der Waals surface area contributed by atoms with Crippen molar-refractivity contribution < 1.29 is 5.11 Å². The van der Waals surface area contributed by atoms with Crippen molar-refractivity contribution >= 4 is 33.6 Å². The quantitative estimate of drug-likeness (QED) is 0.611. The molecule has 0 aliphatic heterocycles. The maximum absolute atomic E-state index is 11.2. The molecule has 0 amide bonds. The summed E-state index contributed by atoms with van der Waals surface area (Å²) in [5, 5.41) is 10.4. The van der Waals surface area contributed by atoms with Crippen LogP contribution >= 0.6 is 22.6 Å². The number of fused-ring (bicyclic) bond motifs is 1. The highest BCUT2D eigenvalue weighted by atomic mass is 127. The fourth-order valence-electron chi connectivity index (χ4n) is 2.09. The molecule has 0 aliphatic carbocycles. The van der Waals surface area contributed by atoms with Gasteiger partial charge in [0, 0.05) is 3.57 Å². The summed E-state index contributed by atoms with van der Waals surface area (Å²) >= 11 is 2.21. The Labute approximate surface area is 122 Å². The van der Waals surface area contributed by atoms with Crippen molar-refractivity contribution in [1.82, 2.24) is 9.97 Å². The van der Waals surface area contributed by atoms with Crippen LogP contribution in [0.15, 0.2) is 47.3 Å². The lowest BCUT2D eigenvalue weighted by Crippen LogP contribution is -2.00. The number of hydrogen-bond donors (Lipinski definition) is 3. The largest absolute Gasteiger partial charge is 0.384 e. The van der Waals surface area contributed by atoms with Crippen LogP contribution in [-0.2, 0) is 0 Å². The minimum absolute atomic E-state index is 0.240. The van der Waals surface area contributed by atoms with Gasteiger partial charge in [-0.2, -0.15) is 0 Å². The number of aromatic amines is 2. The summed E-state index contributed by atoms with van der Waals surface area (Å²) < 4.78 is 1.07. The van der Waals surface area contributed by atoms with E-state index in [1.165, 1.54) is 0 Å². The zero-order valence-corrected chi connectivity index (χ0v) is 12.0. The van der Waals surface area contributed by atoms with E-state index in [-0.39, 0.29) is 5.69 Å². The third-order valence-corrected chi connectivity index (χ3v) is 3.69. The minimum atomic E-state index is -0.697. The maximum Gasteiger partial charge on any atom is 0.323 e. The smallest absolute Gasteiger partial charge is 0.323 e. The Balaban J connectivity index is 2.05. The number of aliphatic hydroxyl groups is 1. The molecule has 0 spiro atoms. The molecule has 0 bridgehead atoms. The standard InChI is InChI=1S/C14H11IN2O2/c15-10-3-1-2-8(6-10)13(18)9-4-5-11-12(7-9)17-14(19)16-11/h1-7,13,18H,(H2,16,17,19). The normalized spacial score (nSPS) is 12.7. The molecule has 3 aromatic rings. The lowest BCUT2D eigenvalue weighted by Gasteiger charge is -2.11. The van der Waals surface area contributed by atoms with Gasteiger partial charge in [0.2, 0.25) is 0 Å². The molecule has 1 unspecified atom stereocenters. The van der Waals surface area contributed by atoms with Crippen LogP contribution in [0, 0.1) is 3.57 Å². The van der Waals surface area contributed by atoms with Crippen molar-refractivity contribution in [3.63, 3.8) is 0 Å². The van der Waals surface area contributed by atoms with Crippen LogP contribution in [0.2, 0.25) is 0 Å². The summed E-state index contributed by atoms with van der Waals surface area (Å²) in [4.78, 5) is 16.6. The fraction of sp³-hybridized carbons (Fsp3) is 0.0714. The number of rotatable bonds is 2. The number of aromatic nitrogens is 2. The third-order valence-electron chi connectivity index (χ3n) is 3.02.